The van der Waals surface area contributed by atoms with Gasteiger partial charge >= 0.3 is 0 Å². The Morgan fingerprint density at radius 2 is 1.92 bits per heavy atom. The van der Waals surface area contributed by atoms with E-state index >= 15 is 0 Å². The Labute approximate surface area is 146 Å². The van der Waals surface area contributed by atoms with E-state index in [1.807, 2.05) is 45.1 Å². The lowest BCUT2D eigenvalue weighted by molar-refractivity contribution is 0.174. The van der Waals surface area contributed by atoms with Crippen LogP contribution in [0, 0.1) is 11.8 Å². The maximum Gasteiger partial charge on any atom is 0.110 e. The number of alkyl halides is 1. The Kier molecular flexibility index (Phi) is 13.4. The van der Waals surface area contributed by atoms with Crippen molar-refractivity contribution in [3.8, 4) is 11.8 Å². The molecule has 0 atom stereocenters. The highest BCUT2D eigenvalue weighted by atomic mass is 19.1. The summed E-state index contributed by atoms with van der Waals surface area (Å²) in [5, 5.41) is 0. The van der Waals surface area contributed by atoms with Gasteiger partial charge in [-0.25, -0.2) is 4.39 Å². The average molecular weight is 332 g/mol. The molecule has 24 heavy (non-hydrogen) atoms. The zero-order valence-electron chi connectivity index (χ0n) is 15.5. The number of allylic oxidation sites excluding steroid dienone is 3. The summed E-state index contributed by atoms with van der Waals surface area (Å²) >= 11 is 0. The minimum Gasteiger partial charge on any atom is -0.501 e. The van der Waals surface area contributed by atoms with Crippen LogP contribution < -0.4 is 0 Å². The normalized spacial score (nSPS) is 12.6. The van der Waals surface area contributed by atoms with Gasteiger partial charge in [-0.3, -0.25) is 0 Å². The van der Waals surface area contributed by atoms with E-state index in [-0.39, 0.29) is 0 Å². The monoisotopic (exact) mass is 332 g/mol. The molecule has 0 aromatic carbocycles. The Bertz CT molecular complexity index is 577. The summed E-state index contributed by atoms with van der Waals surface area (Å²) < 4.78 is 23.6. The van der Waals surface area contributed by atoms with E-state index in [4.69, 9.17) is 9.47 Å². The van der Waals surface area contributed by atoms with Crippen molar-refractivity contribution >= 4 is 0 Å². The quantitative estimate of drug-likeness (QED) is 0.178. The van der Waals surface area contributed by atoms with Crippen molar-refractivity contribution in [1.82, 2.24) is 0 Å². The fourth-order valence-electron chi connectivity index (χ4n) is 1.79. The molecule has 132 valence electrons. The second-order valence-electron chi connectivity index (χ2n) is 5.30. The molecule has 0 amide bonds. The van der Waals surface area contributed by atoms with E-state index < -0.39 is 6.67 Å². The highest BCUT2D eigenvalue weighted by Gasteiger charge is 2.03. The van der Waals surface area contributed by atoms with Crippen molar-refractivity contribution in [2.45, 2.75) is 40.5 Å². The zero-order valence-corrected chi connectivity index (χ0v) is 15.5. The molecule has 2 nitrogen and oxygen atoms in total. The molecule has 0 bridgehead atoms. The molecule has 0 saturated carbocycles. The van der Waals surface area contributed by atoms with Crippen molar-refractivity contribution in [3.63, 3.8) is 0 Å². The first-order valence-electron chi connectivity index (χ1n) is 8.06. The highest BCUT2D eigenvalue weighted by molar-refractivity contribution is 5.21. The second-order valence-corrected chi connectivity index (χ2v) is 5.30. The minimum absolute atomic E-state index is 0.432. The van der Waals surface area contributed by atoms with Gasteiger partial charge in [0.2, 0.25) is 0 Å². The van der Waals surface area contributed by atoms with Crippen molar-refractivity contribution in [1.29, 1.82) is 0 Å². The molecule has 0 unspecified atom stereocenters. The van der Waals surface area contributed by atoms with Gasteiger partial charge in [-0.2, -0.15) is 0 Å². The first kappa shape index (κ1) is 22.0. The maximum absolute atomic E-state index is 12.5. The minimum atomic E-state index is -0.432. The highest BCUT2D eigenvalue weighted by Crippen LogP contribution is 2.13. The third-order valence-electron chi connectivity index (χ3n) is 3.23. The van der Waals surface area contributed by atoms with Gasteiger partial charge in [0.05, 0.1) is 20.3 Å². The van der Waals surface area contributed by atoms with Gasteiger partial charge in [-0.05, 0) is 56.6 Å². The SMILES string of the molecule is CC#CC/C=C(\C=C=CC)COC/C(C)=C(/C/C=C(/C)CF)OC. The molecule has 0 rings (SSSR count). The van der Waals surface area contributed by atoms with E-state index in [2.05, 4.69) is 17.6 Å². The van der Waals surface area contributed by atoms with E-state index in [0.29, 0.717) is 31.6 Å². The molecule has 0 N–H and O–H groups in total. The van der Waals surface area contributed by atoms with Gasteiger partial charge in [0, 0.05) is 12.8 Å². The lowest BCUT2D eigenvalue weighted by Gasteiger charge is -2.11. The maximum atomic E-state index is 12.5. The molecular formula is C21H29FO2. The third-order valence-corrected chi connectivity index (χ3v) is 3.23. The smallest absolute Gasteiger partial charge is 0.110 e. The molecule has 3 heteroatoms. The molecule has 0 radical (unpaired) electrons. The topological polar surface area (TPSA) is 18.5 Å². The van der Waals surface area contributed by atoms with E-state index in [1.165, 1.54) is 0 Å². The molecule has 0 aromatic heterocycles. The summed E-state index contributed by atoms with van der Waals surface area (Å²) in [6.45, 7) is 8.00. The van der Waals surface area contributed by atoms with E-state index in [0.717, 1.165) is 16.9 Å². The summed E-state index contributed by atoms with van der Waals surface area (Å²) in [6, 6.07) is 0. The summed E-state index contributed by atoms with van der Waals surface area (Å²) in [4.78, 5) is 0. The van der Waals surface area contributed by atoms with Crippen LogP contribution in [-0.2, 0) is 9.47 Å². The van der Waals surface area contributed by atoms with Crippen LogP contribution in [0.5, 0.6) is 0 Å². The van der Waals surface area contributed by atoms with Gasteiger partial charge in [0.25, 0.3) is 0 Å². The largest absolute Gasteiger partial charge is 0.501 e. The Balaban J connectivity index is 4.74. The number of halogens is 1. The van der Waals surface area contributed by atoms with Crippen LogP contribution in [0.1, 0.15) is 40.5 Å². The van der Waals surface area contributed by atoms with Gasteiger partial charge in [0.1, 0.15) is 12.4 Å². The van der Waals surface area contributed by atoms with Crippen molar-refractivity contribution in [2.24, 2.45) is 0 Å². The molecular weight excluding hydrogens is 303 g/mol. The molecule has 0 fully saturated rings. The predicted molar refractivity (Wildman–Crippen MR) is 99.4 cm³/mol. The van der Waals surface area contributed by atoms with Crippen LogP contribution in [0.25, 0.3) is 0 Å². The van der Waals surface area contributed by atoms with Crippen LogP contribution in [0.4, 0.5) is 4.39 Å². The van der Waals surface area contributed by atoms with E-state index in [1.54, 1.807) is 14.0 Å². The van der Waals surface area contributed by atoms with Gasteiger partial charge < -0.3 is 9.47 Å². The van der Waals surface area contributed by atoms with Crippen LogP contribution in [0.3, 0.4) is 0 Å². The molecule has 0 spiro atoms. The third kappa shape index (κ3) is 10.7. The van der Waals surface area contributed by atoms with Gasteiger partial charge in [-0.1, -0.05) is 18.1 Å². The van der Waals surface area contributed by atoms with Gasteiger partial charge in [0.15, 0.2) is 0 Å². The Morgan fingerprint density at radius 1 is 1.17 bits per heavy atom. The number of ether oxygens (including phenoxy) is 2. The van der Waals surface area contributed by atoms with Crippen molar-refractivity contribution < 1.29 is 13.9 Å². The lowest BCUT2D eigenvalue weighted by Crippen LogP contribution is -2.03. The Hall–Kier alpha value is -2.01. The first-order chi connectivity index (χ1) is 11.6. The van der Waals surface area contributed by atoms with Crippen LogP contribution in [-0.4, -0.2) is 27.0 Å². The fraction of sp³-hybridized carbons (Fsp3) is 0.476. The van der Waals surface area contributed by atoms with Crippen molar-refractivity contribution in [2.75, 3.05) is 27.0 Å². The van der Waals surface area contributed by atoms with Crippen LogP contribution in [0.15, 0.2) is 52.5 Å². The standard InChI is InChI=1S/C21H29FO2/c1-6-8-10-12-20(11-9-7-2)17-24-16-19(4)21(23-5)14-13-18(3)15-22/h7,11-13H,10,14-17H2,1-5H3/b18-13-,20-12+,21-19-. The van der Waals surface area contributed by atoms with Gasteiger partial charge in [-0.15, -0.1) is 11.7 Å². The summed E-state index contributed by atoms with van der Waals surface area (Å²) in [5.41, 5.74) is 5.81. The predicted octanol–water partition coefficient (Wildman–Crippen LogP) is 5.30. The zero-order chi connectivity index (χ0) is 18.2. The lowest BCUT2D eigenvalue weighted by atomic mass is 10.1. The number of rotatable bonds is 10. The number of methoxy groups -OCH3 is 1. The average Bonchev–Trinajstić information content (AvgIpc) is 2.59. The fourth-order valence-corrected chi connectivity index (χ4v) is 1.79. The number of hydrogen-bond acceptors (Lipinski definition) is 2. The van der Waals surface area contributed by atoms with E-state index in [9.17, 15) is 4.39 Å². The second kappa shape index (κ2) is 14.6. The van der Waals surface area contributed by atoms with Crippen molar-refractivity contribution in [3.05, 3.63) is 52.5 Å². The Morgan fingerprint density at radius 3 is 2.50 bits per heavy atom. The molecule has 0 saturated heterocycles. The molecule has 0 aliphatic carbocycles. The molecule has 0 aliphatic heterocycles. The molecule has 0 aromatic rings. The summed E-state index contributed by atoms with van der Waals surface area (Å²) in [5.74, 6) is 6.69. The summed E-state index contributed by atoms with van der Waals surface area (Å²) in [7, 11) is 1.63. The summed E-state index contributed by atoms with van der Waals surface area (Å²) in [6.07, 6.45) is 8.91. The first-order valence-corrected chi connectivity index (χ1v) is 8.06. The molecule has 0 aliphatic rings. The molecule has 0 heterocycles. The number of hydrogen-bond donors (Lipinski definition) is 0. The van der Waals surface area contributed by atoms with Crippen LogP contribution in [0.2, 0.25) is 0 Å². The van der Waals surface area contributed by atoms with Crippen LogP contribution >= 0.6 is 0 Å².